The molecule has 20 heavy (non-hydrogen) atoms. The Hall–Kier alpha value is -1.70. The summed E-state index contributed by atoms with van der Waals surface area (Å²) in [7, 11) is 0. The van der Waals surface area contributed by atoms with Crippen LogP contribution in [-0.4, -0.2) is 27.5 Å². The number of aliphatic carboxylic acids is 1. The van der Waals surface area contributed by atoms with Gasteiger partial charge >= 0.3 is 11.0 Å². The molecule has 0 aliphatic carbocycles. The number of anilines is 1. The highest BCUT2D eigenvalue weighted by atomic mass is 32.1. The van der Waals surface area contributed by atoms with Gasteiger partial charge in [0.1, 0.15) is 6.20 Å². The molecule has 0 radical (unpaired) electrons. The van der Waals surface area contributed by atoms with E-state index in [9.17, 15) is 14.9 Å². The van der Waals surface area contributed by atoms with Crippen molar-refractivity contribution >= 4 is 27.4 Å². The highest BCUT2D eigenvalue weighted by Gasteiger charge is 2.13. The number of hydrogen-bond acceptors (Lipinski definition) is 6. The van der Waals surface area contributed by atoms with Gasteiger partial charge in [-0.2, -0.15) is 0 Å². The van der Waals surface area contributed by atoms with E-state index in [0.29, 0.717) is 24.0 Å². The van der Waals surface area contributed by atoms with Gasteiger partial charge in [0.05, 0.1) is 4.92 Å². The highest BCUT2D eigenvalue weighted by molar-refractivity contribution is 7.18. The number of rotatable bonds is 10. The fourth-order valence-electron chi connectivity index (χ4n) is 1.98. The minimum absolute atomic E-state index is 0.0171. The van der Waals surface area contributed by atoms with Gasteiger partial charge in [-0.1, -0.05) is 19.8 Å². The lowest BCUT2D eigenvalue weighted by atomic mass is 9.94. The van der Waals surface area contributed by atoms with Gasteiger partial charge in [0, 0.05) is 13.0 Å². The third-order valence-corrected chi connectivity index (χ3v) is 3.87. The highest BCUT2D eigenvalue weighted by Crippen LogP contribution is 2.25. The Bertz CT molecular complexity index is 450. The van der Waals surface area contributed by atoms with Gasteiger partial charge in [-0.05, 0) is 30.1 Å². The zero-order valence-electron chi connectivity index (χ0n) is 11.4. The van der Waals surface area contributed by atoms with Gasteiger partial charge in [-0.15, -0.1) is 0 Å². The summed E-state index contributed by atoms with van der Waals surface area (Å²) in [5, 5.41) is 22.8. The van der Waals surface area contributed by atoms with Crippen LogP contribution >= 0.6 is 11.3 Å². The van der Waals surface area contributed by atoms with Gasteiger partial charge in [-0.25, -0.2) is 4.98 Å². The molecule has 7 nitrogen and oxygen atoms in total. The van der Waals surface area contributed by atoms with Crippen molar-refractivity contribution in [2.24, 2.45) is 5.92 Å². The molecule has 0 amide bonds. The lowest BCUT2D eigenvalue weighted by Gasteiger charge is -2.14. The van der Waals surface area contributed by atoms with Crippen molar-refractivity contribution in [1.82, 2.24) is 4.98 Å². The van der Waals surface area contributed by atoms with Gasteiger partial charge in [0.2, 0.25) is 0 Å². The first kappa shape index (κ1) is 16.4. The number of thiazole rings is 1. The van der Waals surface area contributed by atoms with Crippen molar-refractivity contribution in [1.29, 1.82) is 0 Å². The lowest BCUT2D eigenvalue weighted by molar-refractivity contribution is -0.380. The number of nitrogens with zero attached hydrogens (tertiary/aromatic N) is 2. The topological polar surface area (TPSA) is 105 Å². The van der Waals surface area contributed by atoms with E-state index in [1.54, 1.807) is 0 Å². The number of aromatic nitrogens is 1. The standard InChI is InChI=1S/C12H19N3O4S/c1-2-3-9(4-5-11(16)17)6-7-13-12-14-8-10(20-12)15(18)19/h8-9H,2-7H2,1H3,(H,13,14)(H,16,17). The molecule has 0 saturated heterocycles. The van der Waals surface area contributed by atoms with Gasteiger partial charge in [-0.3, -0.25) is 14.9 Å². The molecular weight excluding hydrogens is 282 g/mol. The summed E-state index contributed by atoms with van der Waals surface area (Å²) in [6.45, 7) is 2.72. The molecule has 0 aliphatic rings. The van der Waals surface area contributed by atoms with E-state index in [1.807, 2.05) is 0 Å². The molecular formula is C12H19N3O4S. The second-order valence-corrected chi connectivity index (χ2v) is 5.57. The van der Waals surface area contributed by atoms with Gasteiger partial charge in [0.15, 0.2) is 5.13 Å². The molecule has 1 aromatic heterocycles. The van der Waals surface area contributed by atoms with Crippen LogP contribution in [-0.2, 0) is 4.79 Å². The Kier molecular flexibility index (Phi) is 6.92. The molecule has 1 heterocycles. The molecule has 0 fully saturated rings. The summed E-state index contributed by atoms with van der Waals surface area (Å²) in [5.74, 6) is -0.409. The van der Waals surface area contributed by atoms with Crippen LogP contribution in [0.15, 0.2) is 6.20 Å². The maximum Gasteiger partial charge on any atom is 0.345 e. The Morgan fingerprint density at radius 2 is 2.30 bits per heavy atom. The van der Waals surface area contributed by atoms with Crippen LogP contribution in [0, 0.1) is 16.0 Å². The van der Waals surface area contributed by atoms with E-state index in [4.69, 9.17) is 5.11 Å². The van der Waals surface area contributed by atoms with Crippen LogP contribution in [0.1, 0.15) is 39.0 Å². The summed E-state index contributed by atoms with van der Waals surface area (Å²) in [5.41, 5.74) is 0. The van der Waals surface area contributed by atoms with E-state index in [1.165, 1.54) is 6.20 Å². The SMILES string of the molecule is CCCC(CCNc1ncc([N+](=O)[O-])s1)CCC(=O)O. The van der Waals surface area contributed by atoms with Gasteiger partial charge < -0.3 is 10.4 Å². The molecule has 1 aromatic rings. The third-order valence-electron chi connectivity index (χ3n) is 2.97. The minimum Gasteiger partial charge on any atom is -0.481 e. The largest absolute Gasteiger partial charge is 0.481 e. The Balaban J connectivity index is 2.34. The molecule has 1 unspecified atom stereocenters. The zero-order valence-corrected chi connectivity index (χ0v) is 12.2. The first-order valence-electron chi connectivity index (χ1n) is 6.58. The summed E-state index contributed by atoms with van der Waals surface area (Å²) >= 11 is 1.01. The van der Waals surface area contributed by atoms with Crippen LogP contribution in [0.3, 0.4) is 0 Å². The first-order valence-corrected chi connectivity index (χ1v) is 7.40. The summed E-state index contributed by atoms with van der Waals surface area (Å²) in [6.07, 6.45) is 4.95. The molecule has 1 atom stereocenters. The van der Waals surface area contributed by atoms with Crippen LogP contribution < -0.4 is 5.32 Å². The fourth-order valence-corrected chi connectivity index (χ4v) is 2.64. The molecule has 1 rings (SSSR count). The fraction of sp³-hybridized carbons (Fsp3) is 0.667. The van der Waals surface area contributed by atoms with Crippen LogP contribution in [0.5, 0.6) is 0 Å². The number of carboxylic acid groups (broad SMARTS) is 1. The molecule has 0 aliphatic heterocycles. The zero-order chi connectivity index (χ0) is 15.0. The van der Waals surface area contributed by atoms with Crippen molar-refractivity contribution in [3.8, 4) is 0 Å². The Labute approximate surface area is 121 Å². The van der Waals surface area contributed by atoms with Crippen molar-refractivity contribution in [3.05, 3.63) is 16.3 Å². The third kappa shape index (κ3) is 5.96. The van der Waals surface area contributed by atoms with Crippen molar-refractivity contribution in [2.75, 3.05) is 11.9 Å². The normalized spacial score (nSPS) is 12.1. The van der Waals surface area contributed by atoms with Crippen molar-refractivity contribution in [2.45, 2.75) is 39.0 Å². The van der Waals surface area contributed by atoms with Crippen molar-refractivity contribution in [3.63, 3.8) is 0 Å². The molecule has 0 spiro atoms. The molecule has 0 bridgehead atoms. The molecule has 0 aromatic carbocycles. The molecule has 8 heteroatoms. The number of hydrogen-bond donors (Lipinski definition) is 2. The number of carbonyl (C=O) groups is 1. The summed E-state index contributed by atoms with van der Waals surface area (Å²) < 4.78 is 0. The Morgan fingerprint density at radius 3 is 2.85 bits per heavy atom. The predicted molar refractivity (Wildman–Crippen MR) is 77.1 cm³/mol. The average Bonchev–Trinajstić information content (AvgIpc) is 2.85. The van der Waals surface area contributed by atoms with E-state index in [-0.39, 0.29) is 11.4 Å². The van der Waals surface area contributed by atoms with E-state index >= 15 is 0 Å². The second kappa shape index (κ2) is 8.47. The quantitative estimate of drug-likeness (QED) is 0.508. The van der Waals surface area contributed by atoms with Crippen LogP contribution in [0.4, 0.5) is 10.1 Å². The number of nitrogens with one attached hydrogen (secondary N) is 1. The van der Waals surface area contributed by atoms with Gasteiger partial charge in [0.25, 0.3) is 0 Å². The van der Waals surface area contributed by atoms with E-state index in [0.717, 1.165) is 30.6 Å². The molecule has 112 valence electrons. The first-order chi connectivity index (χ1) is 9.52. The molecule has 0 saturated carbocycles. The van der Waals surface area contributed by atoms with Crippen molar-refractivity contribution < 1.29 is 14.8 Å². The maximum absolute atomic E-state index is 10.6. The molecule has 2 N–H and O–H groups in total. The average molecular weight is 301 g/mol. The number of nitro groups is 1. The van der Waals surface area contributed by atoms with Crippen LogP contribution in [0.2, 0.25) is 0 Å². The smallest absolute Gasteiger partial charge is 0.345 e. The van der Waals surface area contributed by atoms with E-state index in [2.05, 4.69) is 17.2 Å². The summed E-state index contributed by atoms with van der Waals surface area (Å²) in [6, 6.07) is 0. The minimum atomic E-state index is -0.769. The van der Waals surface area contributed by atoms with E-state index < -0.39 is 10.9 Å². The second-order valence-electron chi connectivity index (χ2n) is 4.56. The Morgan fingerprint density at radius 1 is 1.55 bits per heavy atom. The lowest BCUT2D eigenvalue weighted by Crippen LogP contribution is -2.10. The predicted octanol–water partition coefficient (Wildman–Crippen LogP) is 3.13. The monoisotopic (exact) mass is 301 g/mol. The van der Waals surface area contributed by atoms with Crippen LogP contribution in [0.25, 0.3) is 0 Å². The maximum atomic E-state index is 10.6. The summed E-state index contributed by atoms with van der Waals surface area (Å²) in [4.78, 5) is 24.6. The number of carboxylic acids is 1.